The van der Waals surface area contributed by atoms with E-state index in [1.54, 1.807) is 6.07 Å². The van der Waals surface area contributed by atoms with E-state index in [1.165, 1.54) is 5.56 Å². The lowest BCUT2D eigenvalue weighted by Gasteiger charge is -2.21. The fourth-order valence-corrected chi connectivity index (χ4v) is 2.59. The molecule has 0 fully saturated rings. The molecule has 0 spiro atoms. The Morgan fingerprint density at radius 3 is 2.42 bits per heavy atom. The average Bonchev–Trinajstić information content (AvgIpc) is 2.42. The van der Waals surface area contributed by atoms with Crippen LogP contribution in [0.25, 0.3) is 0 Å². The Morgan fingerprint density at radius 1 is 1.05 bits per heavy atom. The second-order valence-electron chi connectivity index (χ2n) is 4.46. The van der Waals surface area contributed by atoms with E-state index in [9.17, 15) is 0 Å². The predicted octanol–water partition coefficient (Wildman–Crippen LogP) is 5.08. The van der Waals surface area contributed by atoms with E-state index in [4.69, 9.17) is 23.2 Å². The van der Waals surface area contributed by atoms with Gasteiger partial charge in [-0.2, -0.15) is 0 Å². The van der Waals surface area contributed by atoms with Crippen LogP contribution in [0.3, 0.4) is 0 Å². The number of hydrogen-bond acceptors (Lipinski definition) is 1. The van der Waals surface area contributed by atoms with Crippen molar-refractivity contribution in [2.45, 2.75) is 19.4 Å². The molecule has 0 bridgehead atoms. The molecule has 2 aromatic carbocycles. The van der Waals surface area contributed by atoms with Gasteiger partial charge in [0, 0.05) is 10.0 Å². The average molecular weight is 294 g/mol. The maximum atomic E-state index is 6.33. The molecule has 1 nitrogen and oxygen atoms in total. The van der Waals surface area contributed by atoms with E-state index in [-0.39, 0.29) is 6.04 Å². The molecule has 0 saturated heterocycles. The molecule has 1 unspecified atom stereocenters. The molecule has 0 aromatic heterocycles. The molecular weight excluding hydrogens is 277 g/mol. The molecule has 1 atom stereocenters. The first-order valence-corrected chi connectivity index (χ1v) is 7.21. The van der Waals surface area contributed by atoms with Crippen LogP contribution in [0.2, 0.25) is 10.0 Å². The van der Waals surface area contributed by atoms with E-state index < -0.39 is 0 Å². The molecule has 3 heteroatoms. The minimum atomic E-state index is 0.103. The van der Waals surface area contributed by atoms with Crippen LogP contribution in [-0.2, 0) is 0 Å². The second-order valence-corrected chi connectivity index (χ2v) is 5.31. The fourth-order valence-electron chi connectivity index (χ4n) is 2.08. The molecule has 0 amide bonds. The van der Waals surface area contributed by atoms with Crippen molar-refractivity contribution < 1.29 is 0 Å². The van der Waals surface area contributed by atoms with Crippen LogP contribution in [-0.4, -0.2) is 6.54 Å². The highest BCUT2D eigenvalue weighted by molar-refractivity contribution is 6.35. The van der Waals surface area contributed by atoms with E-state index in [0.717, 1.165) is 18.5 Å². The quantitative estimate of drug-likeness (QED) is 0.810. The summed E-state index contributed by atoms with van der Waals surface area (Å²) in [6.45, 7) is 3.09. The highest BCUT2D eigenvalue weighted by atomic mass is 35.5. The van der Waals surface area contributed by atoms with Crippen molar-refractivity contribution in [1.29, 1.82) is 0 Å². The molecule has 0 aliphatic rings. The van der Waals surface area contributed by atoms with Crippen molar-refractivity contribution in [2.24, 2.45) is 0 Å². The highest BCUT2D eigenvalue weighted by Gasteiger charge is 2.16. The molecule has 0 radical (unpaired) electrons. The zero-order chi connectivity index (χ0) is 13.7. The molecule has 0 aliphatic carbocycles. The van der Waals surface area contributed by atoms with Gasteiger partial charge in [-0.1, -0.05) is 66.5 Å². The zero-order valence-corrected chi connectivity index (χ0v) is 12.4. The first kappa shape index (κ1) is 14.4. The maximum Gasteiger partial charge on any atom is 0.0591 e. The molecule has 100 valence electrons. The third-order valence-electron chi connectivity index (χ3n) is 3.00. The lowest BCUT2D eigenvalue weighted by atomic mass is 9.98. The largest absolute Gasteiger partial charge is 0.306 e. The summed E-state index contributed by atoms with van der Waals surface area (Å²) < 4.78 is 0. The van der Waals surface area contributed by atoms with Gasteiger partial charge >= 0.3 is 0 Å². The molecule has 2 rings (SSSR count). The summed E-state index contributed by atoms with van der Waals surface area (Å²) in [7, 11) is 0. The van der Waals surface area contributed by atoms with Crippen LogP contribution < -0.4 is 5.32 Å². The summed E-state index contributed by atoms with van der Waals surface area (Å²) in [4.78, 5) is 0. The van der Waals surface area contributed by atoms with Gasteiger partial charge < -0.3 is 5.32 Å². The van der Waals surface area contributed by atoms with E-state index >= 15 is 0 Å². The number of nitrogens with one attached hydrogen (secondary N) is 1. The van der Waals surface area contributed by atoms with Crippen LogP contribution in [0.5, 0.6) is 0 Å². The van der Waals surface area contributed by atoms with Gasteiger partial charge in [0.05, 0.1) is 6.04 Å². The van der Waals surface area contributed by atoms with Crippen molar-refractivity contribution in [3.05, 3.63) is 69.7 Å². The topological polar surface area (TPSA) is 12.0 Å². The van der Waals surface area contributed by atoms with Gasteiger partial charge in [0.15, 0.2) is 0 Å². The molecule has 1 N–H and O–H groups in total. The van der Waals surface area contributed by atoms with Gasteiger partial charge in [-0.25, -0.2) is 0 Å². The lowest BCUT2D eigenvalue weighted by Crippen LogP contribution is -2.23. The van der Waals surface area contributed by atoms with Crippen molar-refractivity contribution in [1.82, 2.24) is 5.32 Å². The minimum absolute atomic E-state index is 0.103. The molecular formula is C16H17Cl2N. The summed E-state index contributed by atoms with van der Waals surface area (Å²) >= 11 is 12.3. The predicted molar refractivity (Wildman–Crippen MR) is 83.0 cm³/mol. The fraction of sp³-hybridized carbons (Fsp3) is 0.250. The summed E-state index contributed by atoms with van der Waals surface area (Å²) in [5.41, 5.74) is 2.27. The monoisotopic (exact) mass is 293 g/mol. The summed E-state index contributed by atoms with van der Waals surface area (Å²) in [6.07, 6.45) is 1.08. The third-order valence-corrected chi connectivity index (χ3v) is 3.57. The van der Waals surface area contributed by atoms with Crippen molar-refractivity contribution >= 4 is 23.2 Å². The smallest absolute Gasteiger partial charge is 0.0591 e. The van der Waals surface area contributed by atoms with Gasteiger partial charge in [0.1, 0.15) is 0 Å². The third kappa shape index (κ3) is 3.73. The van der Waals surface area contributed by atoms with Gasteiger partial charge in [-0.15, -0.1) is 0 Å². The molecule has 0 aliphatic heterocycles. The molecule has 19 heavy (non-hydrogen) atoms. The number of halogens is 2. The van der Waals surface area contributed by atoms with Crippen molar-refractivity contribution in [3.63, 3.8) is 0 Å². The highest BCUT2D eigenvalue weighted by Crippen LogP contribution is 2.30. The van der Waals surface area contributed by atoms with Gasteiger partial charge in [0.25, 0.3) is 0 Å². The van der Waals surface area contributed by atoms with Gasteiger partial charge in [-0.3, -0.25) is 0 Å². The maximum absolute atomic E-state index is 6.33. The first-order valence-electron chi connectivity index (χ1n) is 6.45. The first-order chi connectivity index (χ1) is 9.22. The second kappa shape index (κ2) is 6.95. The van der Waals surface area contributed by atoms with Crippen LogP contribution in [0.15, 0.2) is 48.5 Å². The Labute approximate surface area is 124 Å². The summed E-state index contributed by atoms with van der Waals surface area (Å²) in [5.74, 6) is 0. The van der Waals surface area contributed by atoms with Crippen LogP contribution in [0.4, 0.5) is 0 Å². The van der Waals surface area contributed by atoms with E-state index in [1.807, 2.05) is 30.3 Å². The van der Waals surface area contributed by atoms with Crippen LogP contribution in [0, 0.1) is 0 Å². The standard InChI is InChI=1S/C16H17Cl2N/c1-2-10-19-16(12-6-4-3-5-7-12)14-9-8-13(17)11-15(14)18/h3-9,11,16,19H,2,10H2,1H3. The Bertz CT molecular complexity index is 526. The van der Waals surface area contributed by atoms with Gasteiger partial charge in [-0.05, 0) is 36.2 Å². The van der Waals surface area contributed by atoms with Crippen molar-refractivity contribution in [3.8, 4) is 0 Å². The van der Waals surface area contributed by atoms with E-state index in [2.05, 4.69) is 24.4 Å². The Balaban J connectivity index is 2.37. The number of hydrogen-bond donors (Lipinski definition) is 1. The Hall–Kier alpha value is -1.02. The van der Waals surface area contributed by atoms with Crippen LogP contribution >= 0.6 is 23.2 Å². The molecule has 2 aromatic rings. The summed E-state index contributed by atoms with van der Waals surface area (Å²) in [6, 6.07) is 16.1. The van der Waals surface area contributed by atoms with Crippen molar-refractivity contribution in [2.75, 3.05) is 6.54 Å². The minimum Gasteiger partial charge on any atom is -0.306 e. The number of rotatable bonds is 5. The molecule has 0 heterocycles. The Morgan fingerprint density at radius 2 is 1.79 bits per heavy atom. The normalized spacial score (nSPS) is 12.4. The van der Waals surface area contributed by atoms with Gasteiger partial charge in [0.2, 0.25) is 0 Å². The Kier molecular flexibility index (Phi) is 5.26. The SMILES string of the molecule is CCCNC(c1ccccc1)c1ccc(Cl)cc1Cl. The number of benzene rings is 2. The summed E-state index contributed by atoms with van der Waals surface area (Å²) in [5, 5.41) is 4.90. The van der Waals surface area contributed by atoms with Crippen LogP contribution in [0.1, 0.15) is 30.5 Å². The zero-order valence-electron chi connectivity index (χ0n) is 10.9. The molecule has 0 saturated carbocycles. The lowest BCUT2D eigenvalue weighted by molar-refractivity contribution is 0.599. The van der Waals surface area contributed by atoms with E-state index in [0.29, 0.717) is 10.0 Å².